The van der Waals surface area contributed by atoms with Gasteiger partial charge in [-0.1, -0.05) is 17.8 Å². The van der Waals surface area contributed by atoms with Crippen molar-refractivity contribution in [1.82, 2.24) is 14.8 Å². The normalized spacial score (nSPS) is 11.4. The Morgan fingerprint density at radius 2 is 1.90 bits per heavy atom. The lowest BCUT2D eigenvalue weighted by molar-refractivity contribution is -0.137. The van der Waals surface area contributed by atoms with Gasteiger partial charge in [0.2, 0.25) is 5.91 Å². The van der Waals surface area contributed by atoms with Crippen LogP contribution in [0.3, 0.4) is 0 Å². The molecule has 6 nitrogen and oxygen atoms in total. The summed E-state index contributed by atoms with van der Waals surface area (Å²) in [6.07, 6.45) is -4.37. The molecular weight excluding hydrogens is 405 g/mol. The van der Waals surface area contributed by atoms with E-state index in [1.807, 2.05) is 0 Å². The van der Waals surface area contributed by atoms with Gasteiger partial charge in [0.25, 0.3) is 0 Å². The quantitative estimate of drug-likeness (QED) is 0.584. The number of amides is 1. The first-order chi connectivity index (χ1) is 13.8. The summed E-state index contributed by atoms with van der Waals surface area (Å²) >= 11 is 1.19. The van der Waals surface area contributed by atoms with E-state index in [4.69, 9.17) is 10.5 Å². The van der Waals surface area contributed by atoms with E-state index < -0.39 is 17.6 Å². The number of alkyl halides is 3. The minimum atomic E-state index is -4.48. The number of rotatable bonds is 7. The Hall–Kier alpha value is -3.01. The highest BCUT2D eigenvalue weighted by Crippen LogP contribution is 2.33. The van der Waals surface area contributed by atoms with Gasteiger partial charge >= 0.3 is 6.18 Å². The lowest BCUT2D eigenvalue weighted by atomic mass is 10.1. The van der Waals surface area contributed by atoms with Crippen molar-refractivity contribution in [2.45, 2.75) is 17.8 Å². The van der Waals surface area contributed by atoms with Crippen molar-refractivity contribution in [3.63, 3.8) is 0 Å². The predicted molar refractivity (Wildman–Crippen MR) is 103 cm³/mol. The standard InChI is InChI=1S/C19H17F3N4O2S/c1-28-15-7-5-12(6-8-15)17-24-25-18(29-10-9-16(23)27)26(17)14-4-2-3-13(11-14)19(20,21)22/h2-8,11H,9-10H2,1H3,(H2,23,27). The highest BCUT2D eigenvalue weighted by Gasteiger charge is 2.31. The number of methoxy groups -OCH3 is 1. The van der Waals surface area contributed by atoms with Crippen LogP contribution < -0.4 is 10.5 Å². The molecule has 1 heterocycles. The largest absolute Gasteiger partial charge is 0.497 e. The highest BCUT2D eigenvalue weighted by molar-refractivity contribution is 7.99. The van der Waals surface area contributed by atoms with Crippen LogP contribution in [0.5, 0.6) is 5.75 Å². The fraction of sp³-hybridized carbons (Fsp3) is 0.211. The van der Waals surface area contributed by atoms with Crippen LogP contribution in [0.4, 0.5) is 13.2 Å². The predicted octanol–water partition coefficient (Wildman–Crippen LogP) is 3.93. The minimum absolute atomic E-state index is 0.109. The molecule has 0 fully saturated rings. The summed E-state index contributed by atoms with van der Waals surface area (Å²) < 4.78 is 46.3. The Morgan fingerprint density at radius 3 is 2.52 bits per heavy atom. The van der Waals surface area contributed by atoms with E-state index in [0.29, 0.717) is 28.0 Å². The van der Waals surface area contributed by atoms with Gasteiger partial charge in [0.05, 0.1) is 18.4 Å². The van der Waals surface area contributed by atoms with Gasteiger partial charge in [-0.3, -0.25) is 9.36 Å². The zero-order valence-electron chi connectivity index (χ0n) is 15.3. The summed E-state index contributed by atoms with van der Waals surface area (Å²) in [6, 6.07) is 11.8. The number of primary amides is 1. The van der Waals surface area contributed by atoms with Crippen LogP contribution in [-0.2, 0) is 11.0 Å². The van der Waals surface area contributed by atoms with Crippen molar-refractivity contribution >= 4 is 17.7 Å². The molecule has 0 atom stereocenters. The average molecular weight is 422 g/mol. The number of carbonyl (C=O) groups is 1. The maximum absolute atomic E-state index is 13.2. The zero-order valence-corrected chi connectivity index (χ0v) is 16.1. The first kappa shape index (κ1) is 20.7. The number of thioether (sulfide) groups is 1. The van der Waals surface area contributed by atoms with Crippen molar-refractivity contribution in [2.75, 3.05) is 12.9 Å². The second kappa shape index (κ2) is 8.56. The van der Waals surface area contributed by atoms with E-state index in [0.717, 1.165) is 12.1 Å². The van der Waals surface area contributed by atoms with Crippen LogP contribution in [0.25, 0.3) is 17.1 Å². The molecule has 10 heteroatoms. The van der Waals surface area contributed by atoms with Gasteiger partial charge < -0.3 is 10.5 Å². The summed E-state index contributed by atoms with van der Waals surface area (Å²) in [5, 5.41) is 8.63. The topological polar surface area (TPSA) is 83.0 Å². The Morgan fingerprint density at radius 1 is 1.17 bits per heavy atom. The Kier molecular flexibility index (Phi) is 6.12. The lowest BCUT2D eigenvalue weighted by Gasteiger charge is -2.13. The number of benzene rings is 2. The van der Waals surface area contributed by atoms with Gasteiger partial charge in [0.15, 0.2) is 11.0 Å². The van der Waals surface area contributed by atoms with E-state index in [9.17, 15) is 18.0 Å². The van der Waals surface area contributed by atoms with E-state index >= 15 is 0 Å². The fourth-order valence-corrected chi connectivity index (χ4v) is 3.49. The Bertz CT molecular complexity index is 1000. The highest BCUT2D eigenvalue weighted by atomic mass is 32.2. The number of carbonyl (C=O) groups excluding carboxylic acids is 1. The fourth-order valence-electron chi connectivity index (χ4n) is 2.59. The SMILES string of the molecule is COc1ccc(-c2nnc(SCCC(N)=O)n2-c2cccc(C(F)(F)F)c2)cc1. The van der Waals surface area contributed by atoms with E-state index in [1.54, 1.807) is 30.3 Å². The molecule has 3 aromatic rings. The first-order valence-corrected chi connectivity index (χ1v) is 9.46. The average Bonchev–Trinajstić information content (AvgIpc) is 3.11. The third kappa shape index (κ3) is 4.89. The molecule has 0 unspecified atom stereocenters. The summed E-state index contributed by atoms with van der Waals surface area (Å²) in [5.74, 6) is 0.858. The summed E-state index contributed by atoms with van der Waals surface area (Å²) in [7, 11) is 1.54. The Balaban J connectivity index is 2.08. The second-order valence-electron chi connectivity index (χ2n) is 5.98. The van der Waals surface area contributed by atoms with Crippen LogP contribution in [0.15, 0.2) is 53.7 Å². The number of nitrogens with zero attached hydrogens (tertiary/aromatic N) is 3. The van der Waals surface area contributed by atoms with Crippen LogP contribution in [0.2, 0.25) is 0 Å². The zero-order chi connectivity index (χ0) is 21.0. The number of nitrogens with two attached hydrogens (primary N) is 1. The molecule has 0 bridgehead atoms. The molecule has 0 radical (unpaired) electrons. The summed E-state index contributed by atoms with van der Waals surface area (Å²) in [6.45, 7) is 0. The van der Waals surface area contributed by atoms with Gasteiger partial charge in [-0.2, -0.15) is 13.2 Å². The second-order valence-corrected chi connectivity index (χ2v) is 7.05. The first-order valence-electron chi connectivity index (χ1n) is 8.48. The van der Waals surface area contributed by atoms with Gasteiger partial charge in [-0.15, -0.1) is 10.2 Å². The molecule has 1 aromatic heterocycles. The van der Waals surface area contributed by atoms with Gasteiger partial charge in [-0.05, 0) is 42.5 Å². The third-order valence-corrected chi connectivity index (χ3v) is 4.92. The molecule has 0 saturated carbocycles. The molecular formula is C19H17F3N4O2S. The maximum Gasteiger partial charge on any atom is 0.416 e. The molecule has 152 valence electrons. The molecule has 0 aliphatic heterocycles. The molecule has 0 aliphatic rings. The van der Waals surface area contributed by atoms with E-state index in [1.165, 1.54) is 29.5 Å². The number of hydrogen-bond acceptors (Lipinski definition) is 5. The minimum Gasteiger partial charge on any atom is -0.497 e. The van der Waals surface area contributed by atoms with Gasteiger partial charge in [0, 0.05) is 17.7 Å². The molecule has 0 saturated heterocycles. The van der Waals surface area contributed by atoms with Gasteiger partial charge in [-0.25, -0.2) is 0 Å². The molecule has 29 heavy (non-hydrogen) atoms. The third-order valence-electron chi connectivity index (χ3n) is 3.99. The van der Waals surface area contributed by atoms with E-state index in [-0.39, 0.29) is 12.1 Å². The van der Waals surface area contributed by atoms with Gasteiger partial charge in [0.1, 0.15) is 5.75 Å². The van der Waals surface area contributed by atoms with E-state index in [2.05, 4.69) is 10.2 Å². The van der Waals surface area contributed by atoms with Crippen LogP contribution in [0, 0.1) is 0 Å². The molecule has 0 aliphatic carbocycles. The van der Waals surface area contributed by atoms with Crippen LogP contribution in [-0.4, -0.2) is 33.5 Å². The molecule has 2 aromatic carbocycles. The van der Waals surface area contributed by atoms with Crippen molar-refractivity contribution in [2.24, 2.45) is 5.73 Å². The number of aromatic nitrogens is 3. The molecule has 2 N–H and O–H groups in total. The van der Waals surface area contributed by atoms with Crippen molar-refractivity contribution < 1.29 is 22.7 Å². The maximum atomic E-state index is 13.2. The van der Waals surface area contributed by atoms with Crippen LogP contribution in [0.1, 0.15) is 12.0 Å². The smallest absolute Gasteiger partial charge is 0.416 e. The summed E-state index contributed by atoms with van der Waals surface area (Å²) in [5.41, 5.74) is 5.30. The molecule has 1 amide bonds. The lowest BCUT2D eigenvalue weighted by Crippen LogP contribution is -2.11. The van der Waals surface area contributed by atoms with Crippen LogP contribution >= 0.6 is 11.8 Å². The Labute approximate surface area is 168 Å². The number of halogens is 3. The number of hydrogen-bond donors (Lipinski definition) is 1. The van der Waals surface area contributed by atoms with Crippen molar-refractivity contribution in [1.29, 1.82) is 0 Å². The summed E-state index contributed by atoms with van der Waals surface area (Å²) in [4.78, 5) is 11.0. The number of ether oxygens (including phenoxy) is 1. The molecule has 0 spiro atoms. The van der Waals surface area contributed by atoms with Crippen molar-refractivity contribution in [3.8, 4) is 22.8 Å². The monoisotopic (exact) mass is 422 g/mol. The molecule has 3 rings (SSSR count). The van der Waals surface area contributed by atoms with Crippen molar-refractivity contribution in [3.05, 3.63) is 54.1 Å².